The van der Waals surface area contributed by atoms with Crippen LogP contribution in [0, 0.1) is 0 Å². The van der Waals surface area contributed by atoms with Crippen molar-refractivity contribution >= 4 is 41.5 Å². The number of carbonyl (C=O) groups is 1. The minimum atomic E-state index is -0.812. The van der Waals surface area contributed by atoms with Crippen LogP contribution in [0.25, 0.3) is 0 Å². The SMILES string of the molecule is CNCCCC(=O)NCC(O)COc1cccc(Cl)c1Cl.Cl. The number of aliphatic hydroxyl groups is 1. The van der Waals surface area contributed by atoms with E-state index in [1.807, 2.05) is 7.05 Å². The summed E-state index contributed by atoms with van der Waals surface area (Å²) in [5, 5.41) is 16.1. The van der Waals surface area contributed by atoms with Crippen LogP contribution in [-0.4, -0.2) is 43.9 Å². The van der Waals surface area contributed by atoms with Crippen LogP contribution in [0.3, 0.4) is 0 Å². The highest BCUT2D eigenvalue weighted by molar-refractivity contribution is 6.42. The molecule has 5 nitrogen and oxygen atoms in total. The van der Waals surface area contributed by atoms with Gasteiger partial charge in [0.05, 0.1) is 5.02 Å². The first-order valence-corrected chi connectivity index (χ1v) is 7.46. The Balaban J connectivity index is 0.00000441. The largest absolute Gasteiger partial charge is 0.489 e. The normalized spacial score (nSPS) is 11.5. The van der Waals surface area contributed by atoms with Gasteiger partial charge in [0.15, 0.2) is 0 Å². The maximum Gasteiger partial charge on any atom is 0.220 e. The molecule has 1 aromatic rings. The Bertz CT molecular complexity index is 461. The van der Waals surface area contributed by atoms with Crippen LogP contribution in [0.1, 0.15) is 12.8 Å². The van der Waals surface area contributed by atoms with Crippen LogP contribution in [0.15, 0.2) is 18.2 Å². The Hall–Kier alpha value is -0.720. The Morgan fingerprint density at radius 1 is 1.41 bits per heavy atom. The molecule has 0 aliphatic heterocycles. The summed E-state index contributed by atoms with van der Waals surface area (Å²) in [6, 6.07) is 5.02. The van der Waals surface area contributed by atoms with Crippen molar-refractivity contribution in [1.82, 2.24) is 10.6 Å². The van der Waals surface area contributed by atoms with Crippen LogP contribution in [0.5, 0.6) is 5.75 Å². The first-order chi connectivity index (χ1) is 10.0. The van der Waals surface area contributed by atoms with Crippen LogP contribution in [0.2, 0.25) is 10.0 Å². The maximum absolute atomic E-state index is 11.5. The molecular formula is C14H21Cl3N2O3. The van der Waals surface area contributed by atoms with Crippen LogP contribution in [0.4, 0.5) is 0 Å². The zero-order chi connectivity index (χ0) is 15.7. The van der Waals surface area contributed by atoms with Gasteiger partial charge in [0, 0.05) is 13.0 Å². The third kappa shape index (κ3) is 8.06. The highest BCUT2D eigenvalue weighted by Crippen LogP contribution is 2.31. The molecule has 126 valence electrons. The summed E-state index contributed by atoms with van der Waals surface area (Å²) in [5.41, 5.74) is 0. The molecule has 0 bridgehead atoms. The molecule has 0 saturated carbocycles. The summed E-state index contributed by atoms with van der Waals surface area (Å²) in [6.07, 6.45) is 0.370. The summed E-state index contributed by atoms with van der Waals surface area (Å²) >= 11 is 11.8. The summed E-state index contributed by atoms with van der Waals surface area (Å²) in [7, 11) is 1.83. The predicted octanol–water partition coefficient (Wildman–Crippen LogP) is 2.27. The first-order valence-electron chi connectivity index (χ1n) is 6.70. The van der Waals surface area contributed by atoms with Gasteiger partial charge in [0.25, 0.3) is 0 Å². The second kappa shape index (κ2) is 11.8. The maximum atomic E-state index is 11.5. The number of rotatable bonds is 9. The fourth-order valence-electron chi connectivity index (χ4n) is 1.59. The molecule has 0 heterocycles. The van der Waals surface area contributed by atoms with Crippen molar-refractivity contribution in [2.24, 2.45) is 0 Å². The molecule has 0 fully saturated rings. The average molecular weight is 372 g/mol. The van der Waals surface area contributed by atoms with Gasteiger partial charge in [-0.15, -0.1) is 12.4 Å². The topological polar surface area (TPSA) is 70.6 Å². The molecule has 0 saturated heterocycles. The number of amides is 1. The van der Waals surface area contributed by atoms with Gasteiger partial charge < -0.3 is 20.5 Å². The van der Waals surface area contributed by atoms with E-state index < -0.39 is 6.10 Å². The number of aliphatic hydroxyl groups excluding tert-OH is 1. The second-order valence-corrected chi connectivity index (χ2v) is 5.31. The summed E-state index contributed by atoms with van der Waals surface area (Å²) < 4.78 is 5.38. The van der Waals surface area contributed by atoms with Crippen molar-refractivity contribution in [2.75, 3.05) is 26.7 Å². The van der Waals surface area contributed by atoms with E-state index in [-0.39, 0.29) is 31.5 Å². The van der Waals surface area contributed by atoms with Crippen molar-refractivity contribution in [3.05, 3.63) is 28.2 Å². The van der Waals surface area contributed by atoms with Gasteiger partial charge in [-0.25, -0.2) is 0 Å². The third-order valence-electron chi connectivity index (χ3n) is 2.71. The first kappa shape index (κ1) is 21.3. The van der Waals surface area contributed by atoms with E-state index in [1.54, 1.807) is 18.2 Å². The Morgan fingerprint density at radius 2 is 2.14 bits per heavy atom. The molecule has 0 aliphatic rings. The minimum Gasteiger partial charge on any atom is -0.489 e. The van der Waals surface area contributed by atoms with Gasteiger partial charge in [-0.3, -0.25) is 4.79 Å². The lowest BCUT2D eigenvalue weighted by Gasteiger charge is -2.14. The van der Waals surface area contributed by atoms with Gasteiger partial charge in [-0.05, 0) is 32.1 Å². The highest BCUT2D eigenvalue weighted by Gasteiger charge is 2.10. The van der Waals surface area contributed by atoms with Gasteiger partial charge in [0.1, 0.15) is 23.5 Å². The molecule has 1 aromatic carbocycles. The quantitative estimate of drug-likeness (QED) is 0.582. The number of hydrogen-bond donors (Lipinski definition) is 3. The number of nitrogens with one attached hydrogen (secondary N) is 2. The van der Waals surface area contributed by atoms with Gasteiger partial charge >= 0.3 is 0 Å². The zero-order valence-electron chi connectivity index (χ0n) is 12.3. The molecule has 0 aliphatic carbocycles. The molecule has 0 aromatic heterocycles. The van der Waals surface area contributed by atoms with Crippen molar-refractivity contribution in [1.29, 1.82) is 0 Å². The molecule has 1 rings (SSSR count). The number of ether oxygens (including phenoxy) is 1. The number of carbonyl (C=O) groups excluding carboxylic acids is 1. The van der Waals surface area contributed by atoms with Crippen LogP contribution < -0.4 is 15.4 Å². The van der Waals surface area contributed by atoms with Gasteiger partial charge in [-0.2, -0.15) is 0 Å². The summed E-state index contributed by atoms with van der Waals surface area (Å²) in [5.74, 6) is 0.314. The molecule has 1 atom stereocenters. The van der Waals surface area contributed by atoms with Crippen molar-refractivity contribution in [2.45, 2.75) is 18.9 Å². The standard InChI is InChI=1S/C14H20Cl2N2O3.ClH/c1-17-7-3-6-13(20)18-8-10(19)9-21-12-5-2-4-11(15)14(12)16;/h2,4-5,10,17,19H,3,6-9H2,1H3,(H,18,20);1H. The van der Waals surface area contributed by atoms with E-state index >= 15 is 0 Å². The fourth-order valence-corrected chi connectivity index (χ4v) is 1.93. The number of hydrogen-bond acceptors (Lipinski definition) is 4. The van der Waals surface area contributed by atoms with Crippen molar-refractivity contribution in [3.8, 4) is 5.75 Å². The lowest BCUT2D eigenvalue weighted by Crippen LogP contribution is -2.35. The smallest absolute Gasteiger partial charge is 0.220 e. The molecule has 3 N–H and O–H groups in total. The Kier molecular flexibility index (Phi) is 11.4. The Labute approximate surface area is 146 Å². The van der Waals surface area contributed by atoms with Crippen LogP contribution >= 0.6 is 35.6 Å². The van der Waals surface area contributed by atoms with E-state index in [1.165, 1.54) is 0 Å². The third-order valence-corrected chi connectivity index (χ3v) is 3.51. The molecule has 0 radical (unpaired) electrons. The minimum absolute atomic E-state index is 0. The van der Waals surface area contributed by atoms with Crippen molar-refractivity contribution in [3.63, 3.8) is 0 Å². The molecular weight excluding hydrogens is 351 g/mol. The Morgan fingerprint density at radius 3 is 2.82 bits per heavy atom. The number of benzene rings is 1. The van der Waals surface area contributed by atoms with Gasteiger partial charge in [-0.1, -0.05) is 29.3 Å². The fraction of sp³-hybridized carbons (Fsp3) is 0.500. The zero-order valence-corrected chi connectivity index (χ0v) is 14.6. The van der Waals surface area contributed by atoms with Crippen molar-refractivity contribution < 1.29 is 14.6 Å². The monoisotopic (exact) mass is 370 g/mol. The molecule has 0 spiro atoms. The lowest BCUT2D eigenvalue weighted by molar-refractivity contribution is -0.121. The predicted molar refractivity (Wildman–Crippen MR) is 91.4 cm³/mol. The van der Waals surface area contributed by atoms with E-state index in [0.717, 1.165) is 13.0 Å². The van der Waals surface area contributed by atoms with Crippen LogP contribution in [-0.2, 0) is 4.79 Å². The van der Waals surface area contributed by atoms with E-state index in [4.69, 9.17) is 27.9 Å². The van der Waals surface area contributed by atoms with E-state index in [2.05, 4.69) is 10.6 Å². The van der Waals surface area contributed by atoms with Gasteiger partial charge in [0.2, 0.25) is 5.91 Å². The van der Waals surface area contributed by atoms with E-state index in [9.17, 15) is 9.90 Å². The number of halogens is 3. The summed E-state index contributed by atoms with van der Waals surface area (Å²) in [6.45, 7) is 0.944. The summed E-state index contributed by atoms with van der Waals surface area (Å²) in [4.78, 5) is 11.5. The lowest BCUT2D eigenvalue weighted by atomic mass is 10.3. The van der Waals surface area contributed by atoms with E-state index in [0.29, 0.717) is 22.2 Å². The second-order valence-electron chi connectivity index (χ2n) is 4.53. The molecule has 22 heavy (non-hydrogen) atoms. The molecule has 1 amide bonds. The highest BCUT2D eigenvalue weighted by atomic mass is 35.5. The molecule has 1 unspecified atom stereocenters. The molecule has 8 heteroatoms. The average Bonchev–Trinajstić information content (AvgIpc) is 2.47.